The van der Waals surface area contributed by atoms with Gasteiger partial charge in [0.05, 0.1) is 24.8 Å². The number of aliphatic carboxylic acids is 4. The van der Waals surface area contributed by atoms with Crippen molar-refractivity contribution in [2.75, 3.05) is 71.5 Å². The van der Waals surface area contributed by atoms with Crippen LogP contribution in [0.15, 0.2) is 122 Å². The molecule has 48 heteroatoms. The first-order valence-corrected chi connectivity index (χ1v) is 48.0. The first kappa shape index (κ1) is 108. The Kier molecular flexibility index (Phi) is 38.5. The summed E-state index contributed by atoms with van der Waals surface area (Å²) in [5, 5.41) is 88.8. The van der Waals surface area contributed by atoms with Crippen LogP contribution in [0.5, 0.6) is 11.5 Å². The van der Waals surface area contributed by atoms with Crippen LogP contribution in [0.4, 0.5) is 0 Å². The maximum Gasteiger partial charge on any atom is 0.323 e. The number of thioether (sulfide) groups is 1. The second-order valence-corrected chi connectivity index (χ2v) is 36.7. The number of primary amides is 1. The number of nitrogens with one attached hydrogen (secondary N) is 11. The van der Waals surface area contributed by atoms with E-state index in [1.54, 1.807) is 91.1 Å². The first-order valence-electron chi connectivity index (χ1n) is 46.8. The highest BCUT2D eigenvalue weighted by molar-refractivity contribution is 8.00. The van der Waals surface area contributed by atoms with Crippen LogP contribution in [0.2, 0.25) is 0 Å². The Morgan fingerprint density at radius 2 is 1.06 bits per heavy atom. The predicted molar refractivity (Wildman–Crippen MR) is 510 cm³/mol. The maximum absolute atomic E-state index is 16.2. The number of carbonyl (C=O) groups excluding carboxylic acids is 16. The number of aliphatic hydroxyl groups excluding tert-OH is 1. The number of aromatic amines is 1. The molecule has 16 amide bonds. The van der Waals surface area contributed by atoms with Crippen LogP contribution in [0.3, 0.4) is 0 Å². The molecule has 0 aliphatic carbocycles. The number of para-hydroxylation sites is 2. The van der Waals surface area contributed by atoms with Gasteiger partial charge in [-0.05, 0) is 129 Å². The fourth-order valence-electron chi connectivity index (χ4n) is 18.1. The maximum atomic E-state index is 16.2. The SMILES string of the molecule is CN1C(=O)[C@H](Cc2cn(CC(=O)O)c3ccccc23)NC(=O)[C@H](CCN)NC(=O)[C@H](Cc2c[nH]c3ccccc23)NC(=O)[C@@H]2C[C@@H](O)CN2C(=O)[C@H](CCC(=O)O)NC(=O)[C@H](CN)NC(=O)[C@@H]2CCCN2C(=O)[C@H](CC(=O)O)NC(=O)[C@@H]2CCCCN2C(=O)[C@H](Cc2ccc(O)cc2)NC(=O)CSC[C@@H](C(=O)NCC(N)=O)NC(=O)[C@H](CCC(=O)O)NC(=O)[C@@H]2Cc3ccc(cc3)OCC=CCC[C@H]1C(=O)N2C. The number of likely N-dealkylation sites (N-methyl/N-ethyl adjacent to an activating group) is 2. The third-order valence-corrected chi connectivity index (χ3v) is 26.6. The Morgan fingerprint density at radius 1 is 0.503 bits per heavy atom. The number of aliphatic hydroxyl groups is 1. The summed E-state index contributed by atoms with van der Waals surface area (Å²) in [5.41, 5.74) is 20.2. The van der Waals surface area contributed by atoms with Crippen LogP contribution in [0.1, 0.15) is 112 Å². The van der Waals surface area contributed by atoms with Gasteiger partial charge in [0.25, 0.3) is 0 Å². The van der Waals surface area contributed by atoms with Crippen molar-refractivity contribution in [1.82, 2.24) is 87.2 Å². The van der Waals surface area contributed by atoms with Gasteiger partial charge in [0, 0.05) is 125 Å². The molecule has 6 aliphatic heterocycles. The molecule has 0 spiro atoms. The normalized spacial score (nSPS) is 25.0. The molecule has 0 saturated carbocycles. The van der Waals surface area contributed by atoms with Crippen molar-refractivity contribution in [3.63, 3.8) is 0 Å². The third-order valence-electron chi connectivity index (χ3n) is 25.5. The van der Waals surface area contributed by atoms with Gasteiger partial charge in [0.15, 0.2) is 0 Å². The molecule has 8 heterocycles. The number of nitrogens with two attached hydrogens (primary N) is 3. The highest BCUT2D eigenvalue weighted by Crippen LogP contribution is 2.30. The number of allylic oxidation sites excluding steroid dienone is 1. The number of hydrogen-bond acceptors (Lipinski definition) is 26. The Balaban J connectivity index is 0.984. The standard InChI is InChI=1S/C95H120N20O27S/c1-110-73-18-4-3-11-36-142-57-26-22-52(23-27-57)38-74(111(2)95(73)141)89(135)103-61(28-30-78(120)121)83(129)109-69(82(128)100-45-76(98)118)49-143-50-77(119)101-65(37-51-20-24-55(116)25-21-51)93(139)113-34-10-9-17-71(113)87(133)107-67(42-80(124)125)94(140)114-35-12-19-72(114)88(134)108-68(43-97)86(132)104-63(29-31-79(122)123)92(138)115-47-56(117)41-75(115)90(136)105-64(39-53-44-99-60-15-7-5-13-58(53)60)85(131)102-62(32-33-96)84(130)106-66(91(110)137)40-54-46-112(48-81(126)127)70-16-8-6-14-59(54)70/h3,5-8,11,13-16,20-27,44,46,56,61-69,71-75,99,116-117H,4,9-10,12,17-19,28-43,45,47-50,96-97H2,1-2H3,(H2,98,118)(H,100,128)(H,101,119)(H,102,131)(H,103,135)(H,104,132)(H,105,136)(H,106,130)(H,107,133)(H,108,134)(H,109,129)(H,120,121)(H,122,123)(H,124,125)(H,126,127)/t56-,61+,62+,63+,64+,65+,66+,67+,68+,69+,71+,72+,73+,74+,75+/m1/s1. The zero-order chi connectivity index (χ0) is 104. The molecule has 143 heavy (non-hydrogen) atoms. The van der Waals surface area contributed by atoms with Crippen molar-refractivity contribution in [3.05, 3.63) is 144 Å². The molecule has 23 N–H and O–H groups in total. The lowest BCUT2D eigenvalue weighted by Gasteiger charge is -2.38. The molecule has 6 aromatic rings. The molecule has 0 unspecified atom stereocenters. The van der Waals surface area contributed by atoms with E-state index in [9.17, 15) is 83.4 Å². The van der Waals surface area contributed by atoms with Gasteiger partial charge in [-0.25, -0.2) is 0 Å². The minimum atomic E-state index is -1.95. The van der Waals surface area contributed by atoms with E-state index in [4.69, 9.17) is 21.9 Å². The smallest absolute Gasteiger partial charge is 0.323 e. The lowest BCUT2D eigenvalue weighted by Crippen LogP contribution is -2.62. The number of carboxylic acid groups (broad SMARTS) is 4. The number of carbonyl (C=O) groups is 20. The van der Waals surface area contributed by atoms with Crippen LogP contribution in [0, 0.1) is 0 Å². The molecule has 12 rings (SSSR count). The summed E-state index contributed by atoms with van der Waals surface area (Å²) < 4.78 is 7.37. The van der Waals surface area contributed by atoms with Gasteiger partial charge in [0.2, 0.25) is 94.5 Å². The van der Waals surface area contributed by atoms with E-state index < -0.39 is 298 Å². The summed E-state index contributed by atoms with van der Waals surface area (Å²) >= 11 is 0.676. The number of piperidine rings is 1. The molecule has 0 radical (unpaired) electrons. The number of rotatable bonds is 22. The Hall–Kier alpha value is -15.1. The summed E-state index contributed by atoms with van der Waals surface area (Å²) in [7, 11) is 2.45. The third kappa shape index (κ3) is 29.3. The van der Waals surface area contributed by atoms with Crippen LogP contribution in [0.25, 0.3) is 21.8 Å². The molecule has 2 aromatic heterocycles. The second-order valence-electron chi connectivity index (χ2n) is 35.7. The number of ether oxygens (including phenoxy) is 1. The van der Waals surface area contributed by atoms with Gasteiger partial charge in [-0.15, -0.1) is 11.8 Å². The van der Waals surface area contributed by atoms with E-state index in [0.29, 0.717) is 62.4 Å². The number of nitrogens with zero attached hydrogens (tertiary/aromatic N) is 6. The Labute approximate surface area is 823 Å². The molecule has 4 fully saturated rings. The second kappa shape index (κ2) is 50.9. The number of aromatic hydroxyl groups is 1. The van der Waals surface area contributed by atoms with Crippen molar-refractivity contribution >= 4 is 152 Å². The van der Waals surface area contributed by atoms with Gasteiger partial charge in [-0.2, -0.15) is 0 Å². The Bertz CT molecular complexity index is 5760. The molecule has 4 aromatic carbocycles. The van der Waals surface area contributed by atoms with Crippen molar-refractivity contribution < 1.29 is 131 Å². The number of phenolic OH excluding ortho intramolecular Hbond substituents is 1. The lowest BCUT2D eigenvalue weighted by atomic mass is 9.97. The van der Waals surface area contributed by atoms with E-state index in [2.05, 4.69) is 58.2 Å². The zero-order valence-electron chi connectivity index (χ0n) is 78.6. The van der Waals surface area contributed by atoms with E-state index >= 15 is 43.2 Å². The minimum Gasteiger partial charge on any atom is -0.508 e. The van der Waals surface area contributed by atoms with Crippen molar-refractivity contribution in [2.45, 2.75) is 213 Å². The molecule has 768 valence electrons. The molecule has 6 aliphatic rings. The van der Waals surface area contributed by atoms with Crippen molar-refractivity contribution in [2.24, 2.45) is 17.2 Å². The highest BCUT2D eigenvalue weighted by Gasteiger charge is 2.48. The Morgan fingerprint density at radius 3 is 1.73 bits per heavy atom. The average molecular weight is 2010 g/mol. The summed E-state index contributed by atoms with van der Waals surface area (Å²) in [6, 6.07) is 0.882. The van der Waals surface area contributed by atoms with E-state index in [-0.39, 0.29) is 95.3 Å². The molecule has 4 saturated heterocycles. The molecule has 4 bridgehead atoms. The number of hydrogen-bond donors (Lipinski definition) is 20. The molecular formula is C95H120N20O27S. The van der Waals surface area contributed by atoms with Crippen LogP contribution in [-0.2, 0) is 128 Å². The van der Waals surface area contributed by atoms with Gasteiger partial charge in [-0.3, -0.25) is 95.9 Å². The fraction of sp³-hybridized carbons (Fsp3) is 0.474. The van der Waals surface area contributed by atoms with Gasteiger partial charge >= 0.3 is 23.9 Å². The van der Waals surface area contributed by atoms with E-state index in [0.717, 1.165) is 24.5 Å². The number of phenols is 1. The average Bonchev–Trinajstić information content (AvgIpc) is 1.51. The van der Waals surface area contributed by atoms with E-state index in [1.807, 2.05) is 0 Å². The lowest BCUT2D eigenvalue weighted by molar-refractivity contribution is -0.149. The highest BCUT2D eigenvalue weighted by atomic mass is 32.2. The quantitative estimate of drug-likeness (QED) is 0.0289. The number of H-pyrrole nitrogens is 1. The van der Waals surface area contributed by atoms with Gasteiger partial charge in [-0.1, -0.05) is 72.8 Å². The first-order chi connectivity index (χ1) is 68.3. The topological polar surface area (TPSA) is 707 Å². The van der Waals surface area contributed by atoms with Crippen LogP contribution < -0.4 is 75.1 Å². The summed E-state index contributed by atoms with van der Waals surface area (Å²) in [6.45, 7) is -3.51. The summed E-state index contributed by atoms with van der Waals surface area (Å²) in [5.74, 6) is -23.9. The largest absolute Gasteiger partial charge is 0.508 e. The number of benzene rings is 4. The number of aromatic nitrogens is 2. The minimum absolute atomic E-state index is 0.00122. The van der Waals surface area contributed by atoms with Crippen LogP contribution >= 0.6 is 11.8 Å². The fourth-order valence-corrected chi connectivity index (χ4v) is 19.0. The molecule has 15 atom stereocenters. The van der Waals surface area contributed by atoms with Crippen LogP contribution in [-0.4, -0.2) is 345 Å². The summed E-state index contributed by atoms with van der Waals surface area (Å²) in [6.07, 6.45) is -1.66. The predicted octanol–water partition coefficient (Wildman–Crippen LogP) is -3.88. The number of fused-ring (bicyclic) bond motifs is 11. The van der Waals surface area contributed by atoms with Crippen molar-refractivity contribution in [1.29, 1.82) is 0 Å². The zero-order valence-corrected chi connectivity index (χ0v) is 79.4. The van der Waals surface area contributed by atoms with Gasteiger partial charge < -0.3 is 140 Å². The summed E-state index contributed by atoms with van der Waals surface area (Å²) in [4.78, 5) is 298. The number of carboxylic acids is 4. The molecular weight excluding hydrogens is 1890 g/mol. The number of amides is 16. The monoisotopic (exact) mass is 2000 g/mol. The van der Waals surface area contributed by atoms with Gasteiger partial charge in [0.1, 0.15) is 109 Å². The molecule has 47 nitrogen and oxygen atoms in total. The van der Waals surface area contributed by atoms with E-state index in [1.165, 1.54) is 49.1 Å². The van der Waals surface area contributed by atoms with Crippen molar-refractivity contribution in [3.8, 4) is 11.5 Å².